The normalized spacial score (nSPS) is 13.3. The number of primary amides is 1. The molecule has 1 amide bonds. The highest BCUT2D eigenvalue weighted by atomic mass is 19.1. The second-order valence-corrected chi connectivity index (χ2v) is 7.16. The zero-order valence-corrected chi connectivity index (χ0v) is 16.4. The lowest BCUT2D eigenvalue weighted by molar-refractivity contribution is -0.118. The number of aromatic nitrogens is 4. The SMILES string of the molecule is NC(=O)CN1C=CN(c2cc(-c3[nH]c4nccnc4c3-c3ccc(F)cc3)ccn2)C1. The first-order valence-corrected chi connectivity index (χ1v) is 9.61. The molecule has 8 nitrogen and oxygen atoms in total. The molecule has 0 atom stereocenters. The van der Waals surface area contributed by atoms with Crippen LogP contribution in [0.5, 0.6) is 0 Å². The Balaban J connectivity index is 1.57. The number of amides is 1. The summed E-state index contributed by atoms with van der Waals surface area (Å²) in [5.41, 5.74) is 10.00. The molecule has 4 heterocycles. The molecule has 0 unspecified atom stereocenters. The Labute approximate surface area is 176 Å². The molecular weight excluding hydrogens is 397 g/mol. The molecule has 4 aromatic rings. The molecule has 31 heavy (non-hydrogen) atoms. The maximum atomic E-state index is 13.5. The number of carbonyl (C=O) groups excluding carboxylic acids is 1. The first kappa shape index (κ1) is 18.7. The van der Waals surface area contributed by atoms with Gasteiger partial charge in [-0.2, -0.15) is 0 Å². The zero-order valence-electron chi connectivity index (χ0n) is 16.4. The van der Waals surface area contributed by atoms with Gasteiger partial charge in [0.1, 0.15) is 17.2 Å². The second kappa shape index (κ2) is 7.52. The van der Waals surface area contributed by atoms with E-state index >= 15 is 0 Å². The van der Waals surface area contributed by atoms with E-state index in [4.69, 9.17) is 5.73 Å². The molecular formula is C22H18FN7O. The van der Waals surface area contributed by atoms with Crippen LogP contribution in [0.2, 0.25) is 0 Å². The number of nitrogens with zero attached hydrogens (tertiary/aromatic N) is 5. The van der Waals surface area contributed by atoms with Crippen molar-refractivity contribution in [3.63, 3.8) is 0 Å². The fraction of sp³-hybridized carbons (Fsp3) is 0.0909. The van der Waals surface area contributed by atoms with Crippen LogP contribution in [0.1, 0.15) is 0 Å². The number of hydrogen-bond donors (Lipinski definition) is 2. The Hall–Kier alpha value is -4.27. The third-order valence-corrected chi connectivity index (χ3v) is 5.04. The van der Waals surface area contributed by atoms with Crippen molar-refractivity contribution >= 4 is 22.9 Å². The Morgan fingerprint density at radius 2 is 1.84 bits per heavy atom. The number of halogens is 1. The molecule has 0 saturated heterocycles. The maximum absolute atomic E-state index is 13.5. The van der Waals surface area contributed by atoms with E-state index < -0.39 is 5.91 Å². The number of aromatic amines is 1. The number of rotatable bonds is 5. The number of anilines is 1. The van der Waals surface area contributed by atoms with Crippen LogP contribution in [-0.4, -0.2) is 44.0 Å². The number of H-pyrrole nitrogens is 1. The van der Waals surface area contributed by atoms with Gasteiger partial charge >= 0.3 is 0 Å². The summed E-state index contributed by atoms with van der Waals surface area (Å²) in [5, 5.41) is 0. The first-order chi connectivity index (χ1) is 15.1. The predicted octanol–water partition coefficient (Wildman–Crippen LogP) is 2.86. The van der Waals surface area contributed by atoms with Crippen molar-refractivity contribution in [3.8, 4) is 22.4 Å². The number of carbonyl (C=O) groups is 1. The van der Waals surface area contributed by atoms with Crippen molar-refractivity contribution in [2.45, 2.75) is 0 Å². The molecule has 154 valence electrons. The van der Waals surface area contributed by atoms with Crippen LogP contribution in [0.25, 0.3) is 33.5 Å². The summed E-state index contributed by atoms with van der Waals surface area (Å²) in [4.78, 5) is 31.6. The van der Waals surface area contributed by atoms with Gasteiger partial charge in [0.15, 0.2) is 5.65 Å². The molecule has 0 bridgehead atoms. The average Bonchev–Trinajstić information content (AvgIpc) is 3.39. The Kier molecular flexibility index (Phi) is 4.55. The lowest BCUT2D eigenvalue weighted by Gasteiger charge is -2.19. The highest BCUT2D eigenvalue weighted by molar-refractivity contribution is 6.00. The van der Waals surface area contributed by atoms with E-state index in [1.807, 2.05) is 23.2 Å². The highest BCUT2D eigenvalue weighted by Gasteiger charge is 2.20. The lowest BCUT2D eigenvalue weighted by atomic mass is 10.0. The van der Waals surface area contributed by atoms with Gasteiger partial charge in [-0.25, -0.2) is 14.4 Å². The molecule has 0 aliphatic carbocycles. The monoisotopic (exact) mass is 415 g/mol. The molecule has 9 heteroatoms. The van der Waals surface area contributed by atoms with E-state index in [1.54, 1.807) is 41.8 Å². The van der Waals surface area contributed by atoms with E-state index in [0.29, 0.717) is 23.7 Å². The summed E-state index contributed by atoms with van der Waals surface area (Å²) in [6.45, 7) is 0.612. The van der Waals surface area contributed by atoms with Crippen molar-refractivity contribution in [2.24, 2.45) is 5.73 Å². The molecule has 1 aliphatic rings. The average molecular weight is 415 g/mol. The maximum Gasteiger partial charge on any atom is 0.236 e. The second-order valence-electron chi connectivity index (χ2n) is 7.16. The molecule has 0 radical (unpaired) electrons. The minimum absolute atomic E-state index is 0.140. The van der Waals surface area contributed by atoms with Gasteiger partial charge < -0.3 is 20.5 Å². The topological polar surface area (TPSA) is 104 Å². The van der Waals surface area contributed by atoms with Crippen molar-refractivity contribution in [2.75, 3.05) is 18.1 Å². The van der Waals surface area contributed by atoms with Gasteiger partial charge in [-0.3, -0.25) is 9.78 Å². The summed E-state index contributed by atoms with van der Waals surface area (Å²) in [6, 6.07) is 10.1. The van der Waals surface area contributed by atoms with Gasteiger partial charge in [-0.05, 0) is 29.8 Å². The fourth-order valence-electron chi connectivity index (χ4n) is 3.67. The van der Waals surface area contributed by atoms with Crippen molar-refractivity contribution < 1.29 is 9.18 Å². The Morgan fingerprint density at radius 3 is 2.65 bits per heavy atom. The van der Waals surface area contributed by atoms with Gasteiger partial charge in [-0.15, -0.1) is 0 Å². The smallest absolute Gasteiger partial charge is 0.236 e. The minimum Gasteiger partial charge on any atom is -0.368 e. The summed E-state index contributed by atoms with van der Waals surface area (Å²) in [7, 11) is 0. The zero-order chi connectivity index (χ0) is 21.4. The fourth-order valence-corrected chi connectivity index (χ4v) is 3.67. The molecule has 0 saturated carbocycles. The van der Waals surface area contributed by atoms with Gasteiger partial charge in [0.25, 0.3) is 0 Å². The molecule has 0 spiro atoms. The summed E-state index contributed by atoms with van der Waals surface area (Å²) in [6.07, 6.45) is 8.63. The summed E-state index contributed by atoms with van der Waals surface area (Å²) >= 11 is 0. The number of nitrogens with one attached hydrogen (secondary N) is 1. The van der Waals surface area contributed by atoms with E-state index in [2.05, 4.69) is 19.9 Å². The number of benzene rings is 1. The van der Waals surface area contributed by atoms with Crippen LogP contribution in [0.4, 0.5) is 10.2 Å². The van der Waals surface area contributed by atoms with Crippen LogP contribution in [0.3, 0.4) is 0 Å². The third kappa shape index (κ3) is 3.57. The van der Waals surface area contributed by atoms with Crippen LogP contribution < -0.4 is 10.6 Å². The number of pyridine rings is 1. The van der Waals surface area contributed by atoms with Gasteiger partial charge in [0.05, 0.1) is 18.9 Å². The lowest BCUT2D eigenvalue weighted by Crippen LogP contribution is -2.33. The van der Waals surface area contributed by atoms with Crippen molar-refractivity contribution in [1.29, 1.82) is 0 Å². The Bertz CT molecular complexity index is 1300. The van der Waals surface area contributed by atoms with Gasteiger partial charge in [-0.1, -0.05) is 12.1 Å². The standard InChI is InChI=1S/C22H18FN7O/c23-16-3-1-14(2-4-16)19-20(28-22-21(19)26-7-8-27-22)15-5-6-25-18(11-15)30-10-9-29(13-30)12-17(24)31/h1-11H,12-13H2,(H2,24,31)(H,27,28). The highest BCUT2D eigenvalue weighted by Crippen LogP contribution is 2.37. The summed E-state index contributed by atoms with van der Waals surface area (Å²) < 4.78 is 13.5. The van der Waals surface area contributed by atoms with E-state index in [0.717, 1.165) is 22.4 Å². The molecule has 3 aromatic heterocycles. The van der Waals surface area contributed by atoms with Crippen LogP contribution in [0.15, 0.2) is 67.4 Å². The number of nitrogens with two attached hydrogens (primary N) is 1. The third-order valence-electron chi connectivity index (χ3n) is 5.04. The van der Waals surface area contributed by atoms with Crippen LogP contribution in [-0.2, 0) is 4.79 Å². The largest absolute Gasteiger partial charge is 0.368 e. The molecule has 0 fully saturated rings. The number of hydrogen-bond acceptors (Lipinski definition) is 6. The van der Waals surface area contributed by atoms with E-state index in [-0.39, 0.29) is 12.4 Å². The quantitative estimate of drug-likeness (QED) is 0.519. The van der Waals surface area contributed by atoms with E-state index in [1.165, 1.54) is 12.1 Å². The predicted molar refractivity (Wildman–Crippen MR) is 115 cm³/mol. The van der Waals surface area contributed by atoms with Gasteiger partial charge in [0.2, 0.25) is 5.91 Å². The molecule has 1 aromatic carbocycles. The summed E-state index contributed by atoms with van der Waals surface area (Å²) in [5.74, 6) is 0.0179. The van der Waals surface area contributed by atoms with Crippen LogP contribution >= 0.6 is 0 Å². The van der Waals surface area contributed by atoms with E-state index in [9.17, 15) is 9.18 Å². The Morgan fingerprint density at radius 1 is 1.03 bits per heavy atom. The van der Waals surface area contributed by atoms with Crippen LogP contribution in [0, 0.1) is 5.82 Å². The molecule has 1 aliphatic heterocycles. The number of fused-ring (bicyclic) bond motifs is 1. The molecule has 3 N–H and O–H groups in total. The minimum atomic E-state index is -0.393. The van der Waals surface area contributed by atoms with Crippen molar-refractivity contribution in [3.05, 3.63) is 73.2 Å². The van der Waals surface area contributed by atoms with Gasteiger partial charge in [0, 0.05) is 42.1 Å². The molecule has 5 rings (SSSR count). The van der Waals surface area contributed by atoms with Crippen molar-refractivity contribution in [1.82, 2.24) is 24.8 Å². The first-order valence-electron chi connectivity index (χ1n) is 9.61.